The van der Waals surface area contributed by atoms with E-state index in [4.69, 9.17) is 9.31 Å². The van der Waals surface area contributed by atoms with Crippen molar-refractivity contribution in [3.05, 3.63) is 41.5 Å². The highest BCUT2D eigenvalue weighted by molar-refractivity contribution is 6.55. The smallest absolute Gasteiger partial charge is 0.400 e. The molecule has 0 radical (unpaired) electrons. The van der Waals surface area contributed by atoms with Gasteiger partial charge in [0.2, 0.25) is 0 Å². The lowest BCUT2D eigenvalue weighted by Gasteiger charge is -2.32. The van der Waals surface area contributed by atoms with Gasteiger partial charge < -0.3 is 19.2 Å². The van der Waals surface area contributed by atoms with E-state index in [2.05, 4.69) is 81.2 Å². The van der Waals surface area contributed by atoms with Crippen molar-refractivity contribution in [1.29, 1.82) is 0 Å². The van der Waals surface area contributed by atoms with Crippen molar-refractivity contribution in [2.75, 3.05) is 13.6 Å². The molecule has 0 amide bonds. The SMILES string of the molecule is CNCC(=Cc1ccc2c(ccn2C)c1)B1OC(C)(C)C(C)(C)O1. The Morgan fingerprint density at radius 2 is 1.83 bits per heavy atom. The quantitative estimate of drug-likeness (QED) is 0.875. The molecule has 1 aliphatic heterocycles. The van der Waals surface area contributed by atoms with Crippen LogP contribution in [0.3, 0.4) is 0 Å². The van der Waals surface area contributed by atoms with Gasteiger partial charge in [0.05, 0.1) is 11.2 Å². The molecule has 5 heteroatoms. The Morgan fingerprint density at radius 1 is 1.17 bits per heavy atom. The summed E-state index contributed by atoms with van der Waals surface area (Å²) in [5.41, 5.74) is 2.85. The fourth-order valence-electron chi connectivity index (χ4n) is 3.00. The van der Waals surface area contributed by atoms with Gasteiger partial charge in [0, 0.05) is 30.7 Å². The zero-order valence-corrected chi connectivity index (χ0v) is 15.5. The van der Waals surface area contributed by atoms with E-state index in [1.165, 1.54) is 10.9 Å². The fraction of sp³-hybridized carbons (Fsp3) is 0.474. The number of aromatic nitrogens is 1. The summed E-state index contributed by atoms with van der Waals surface area (Å²) in [5, 5.41) is 4.47. The maximum absolute atomic E-state index is 6.21. The Bertz CT molecular complexity index is 761. The summed E-state index contributed by atoms with van der Waals surface area (Å²) in [4.78, 5) is 0. The molecule has 0 bridgehead atoms. The number of fused-ring (bicyclic) bond motifs is 1. The van der Waals surface area contributed by atoms with Crippen LogP contribution in [0.25, 0.3) is 17.0 Å². The van der Waals surface area contributed by atoms with E-state index >= 15 is 0 Å². The van der Waals surface area contributed by atoms with E-state index in [1.54, 1.807) is 0 Å². The minimum absolute atomic E-state index is 0.325. The van der Waals surface area contributed by atoms with Crippen LogP contribution in [0, 0.1) is 0 Å². The lowest BCUT2D eigenvalue weighted by Crippen LogP contribution is -2.41. The summed E-state index contributed by atoms with van der Waals surface area (Å²) in [6, 6.07) is 8.64. The number of hydrogen-bond donors (Lipinski definition) is 1. The topological polar surface area (TPSA) is 35.4 Å². The third kappa shape index (κ3) is 3.04. The zero-order chi connectivity index (χ0) is 17.5. The molecular formula is C19H27BN2O2. The van der Waals surface area contributed by atoms with Gasteiger partial charge in [-0.15, -0.1) is 0 Å². The number of nitrogens with zero attached hydrogens (tertiary/aromatic N) is 1. The Hall–Kier alpha value is -1.56. The number of hydrogen-bond acceptors (Lipinski definition) is 3. The number of likely N-dealkylation sites (N-methyl/N-ethyl adjacent to an activating group) is 1. The summed E-state index contributed by atoms with van der Waals surface area (Å²) in [6.45, 7) is 9.06. The average molecular weight is 326 g/mol. The van der Waals surface area contributed by atoms with E-state index in [9.17, 15) is 0 Å². The maximum Gasteiger partial charge on any atom is 0.491 e. The summed E-state index contributed by atoms with van der Waals surface area (Å²) in [7, 11) is 3.68. The molecule has 0 unspecified atom stereocenters. The van der Waals surface area contributed by atoms with E-state index < -0.39 is 0 Å². The van der Waals surface area contributed by atoms with E-state index in [-0.39, 0.29) is 18.3 Å². The molecule has 1 saturated heterocycles. The first-order chi connectivity index (χ1) is 11.2. The third-order valence-electron chi connectivity index (χ3n) is 5.20. The second kappa shape index (κ2) is 6.06. The summed E-state index contributed by atoms with van der Waals surface area (Å²) >= 11 is 0. The molecule has 1 aliphatic rings. The van der Waals surface area contributed by atoms with Crippen LogP contribution < -0.4 is 5.32 Å². The molecule has 2 aromatic rings. The van der Waals surface area contributed by atoms with Crippen molar-refractivity contribution < 1.29 is 9.31 Å². The number of nitrogens with one attached hydrogen (secondary N) is 1. The average Bonchev–Trinajstić information content (AvgIpc) is 2.96. The molecular weight excluding hydrogens is 299 g/mol. The van der Waals surface area contributed by atoms with Gasteiger partial charge in [-0.3, -0.25) is 0 Å². The maximum atomic E-state index is 6.21. The van der Waals surface area contributed by atoms with Gasteiger partial charge in [0.1, 0.15) is 0 Å². The zero-order valence-electron chi connectivity index (χ0n) is 15.5. The molecule has 24 heavy (non-hydrogen) atoms. The second-order valence-electron chi connectivity index (χ2n) is 7.58. The second-order valence-corrected chi connectivity index (χ2v) is 7.58. The van der Waals surface area contributed by atoms with Gasteiger partial charge in [-0.05, 0) is 64.0 Å². The molecule has 1 fully saturated rings. The van der Waals surface area contributed by atoms with Gasteiger partial charge in [0.15, 0.2) is 0 Å². The first-order valence-electron chi connectivity index (χ1n) is 8.49. The molecule has 2 heterocycles. The van der Waals surface area contributed by atoms with Crippen LogP contribution in [-0.4, -0.2) is 36.5 Å². The molecule has 4 nitrogen and oxygen atoms in total. The van der Waals surface area contributed by atoms with Crippen LogP contribution in [0.5, 0.6) is 0 Å². The first-order valence-corrected chi connectivity index (χ1v) is 8.49. The highest BCUT2D eigenvalue weighted by atomic mass is 16.7. The molecule has 1 N–H and O–H groups in total. The monoisotopic (exact) mass is 326 g/mol. The van der Waals surface area contributed by atoms with E-state index in [1.807, 2.05) is 7.05 Å². The highest BCUT2D eigenvalue weighted by Gasteiger charge is 2.52. The number of benzene rings is 1. The molecule has 128 valence electrons. The van der Waals surface area contributed by atoms with Crippen molar-refractivity contribution >= 4 is 24.1 Å². The van der Waals surface area contributed by atoms with Gasteiger partial charge in [0.25, 0.3) is 0 Å². The number of rotatable bonds is 4. The highest BCUT2D eigenvalue weighted by Crippen LogP contribution is 2.38. The third-order valence-corrected chi connectivity index (χ3v) is 5.20. The van der Waals surface area contributed by atoms with Crippen LogP contribution in [0.4, 0.5) is 0 Å². The van der Waals surface area contributed by atoms with Gasteiger partial charge in [-0.25, -0.2) is 0 Å². The lowest BCUT2D eigenvalue weighted by molar-refractivity contribution is 0.00578. The standard InChI is InChI=1S/C19H27BN2O2/c1-18(2)19(3,4)24-20(23-18)16(13-21-5)12-14-7-8-17-15(11-14)9-10-22(17)6/h7-12,21H,13H2,1-6H3. The van der Waals surface area contributed by atoms with Crippen molar-refractivity contribution in [3.8, 4) is 0 Å². The van der Waals surface area contributed by atoms with Crippen LogP contribution in [-0.2, 0) is 16.4 Å². The Balaban J connectivity index is 1.93. The summed E-state index contributed by atoms with van der Waals surface area (Å²) in [6.07, 6.45) is 4.26. The molecule has 0 aliphatic carbocycles. The molecule has 1 aromatic carbocycles. The lowest BCUT2D eigenvalue weighted by atomic mass is 9.77. The first kappa shape index (κ1) is 17.3. The van der Waals surface area contributed by atoms with Crippen LogP contribution in [0.2, 0.25) is 0 Å². The van der Waals surface area contributed by atoms with Crippen molar-refractivity contribution in [1.82, 2.24) is 9.88 Å². The predicted molar refractivity (Wildman–Crippen MR) is 101 cm³/mol. The van der Waals surface area contributed by atoms with Gasteiger partial charge in [-0.1, -0.05) is 12.1 Å². The normalized spacial score (nSPS) is 20.1. The summed E-state index contributed by atoms with van der Waals surface area (Å²) in [5.74, 6) is 0. The molecule has 1 aromatic heterocycles. The van der Waals surface area contributed by atoms with Crippen molar-refractivity contribution in [3.63, 3.8) is 0 Å². The van der Waals surface area contributed by atoms with Gasteiger partial charge in [-0.2, -0.15) is 0 Å². The fourth-order valence-corrected chi connectivity index (χ4v) is 3.00. The van der Waals surface area contributed by atoms with Crippen LogP contribution in [0.15, 0.2) is 35.9 Å². The number of aryl methyl sites for hydroxylation is 1. The Morgan fingerprint density at radius 3 is 2.46 bits per heavy atom. The van der Waals surface area contributed by atoms with E-state index in [0.29, 0.717) is 0 Å². The Labute approximate surface area is 145 Å². The van der Waals surface area contributed by atoms with Gasteiger partial charge >= 0.3 is 7.12 Å². The van der Waals surface area contributed by atoms with Crippen molar-refractivity contribution in [2.24, 2.45) is 7.05 Å². The minimum atomic E-state index is -0.326. The van der Waals surface area contributed by atoms with Crippen molar-refractivity contribution in [2.45, 2.75) is 38.9 Å². The molecule has 0 saturated carbocycles. The van der Waals surface area contributed by atoms with Crippen LogP contribution >= 0.6 is 0 Å². The Kier molecular flexibility index (Phi) is 4.37. The molecule has 0 atom stereocenters. The summed E-state index contributed by atoms with van der Waals surface area (Å²) < 4.78 is 14.5. The van der Waals surface area contributed by atoms with E-state index in [0.717, 1.165) is 17.6 Å². The molecule has 3 rings (SSSR count). The predicted octanol–water partition coefficient (Wildman–Crippen LogP) is 3.41. The minimum Gasteiger partial charge on any atom is -0.400 e. The largest absolute Gasteiger partial charge is 0.491 e. The molecule has 0 spiro atoms. The van der Waals surface area contributed by atoms with Crippen LogP contribution in [0.1, 0.15) is 33.3 Å².